The smallest absolute Gasteiger partial charge is 0.233 e. The number of thioether (sulfide) groups is 1. The topological polar surface area (TPSA) is 38.3 Å². The summed E-state index contributed by atoms with van der Waals surface area (Å²) in [5.41, 5.74) is 1.01. The Balaban J connectivity index is 1.71. The third-order valence-corrected chi connectivity index (χ3v) is 4.76. The van der Waals surface area contributed by atoms with Gasteiger partial charge in [0, 0.05) is 9.92 Å². The molecule has 0 heterocycles. The van der Waals surface area contributed by atoms with Gasteiger partial charge in [-0.1, -0.05) is 35.9 Å². The van der Waals surface area contributed by atoms with E-state index in [1.54, 1.807) is 6.07 Å². The van der Waals surface area contributed by atoms with Crippen molar-refractivity contribution in [3.63, 3.8) is 0 Å². The molecule has 0 saturated carbocycles. The lowest BCUT2D eigenvalue weighted by Crippen LogP contribution is -2.33. The van der Waals surface area contributed by atoms with E-state index in [-0.39, 0.29) is 11.2 Å². The zero-order chi connectivity index (χ0) is 16.7. The second-order valence-electron chi connectivity index (χ2n) is 5.12. The zero-order valence-corrected chi connectivity index (χ0v) is 14.8. The predicted octanol–water partition coefficient (Wildman–Crippen LogP) is 4.32. The number of carbonyl (C=O) groups is 1. The summed E-state index contributed by atoms with van der Waals surface area (Å²) in [6.07, 6.45) is 0. The first-order valence-corrected chi connectivity index (χ1v) is 8.70. The Bertz CT molecular complexity index is 649. The molecule has 1 atom stereocenters. The SMILES string of the molecule is Cc1ccc(OCCNC(=O)C(C)Sc2ccccc2)cc1Cl. The number of benzene rings is 2. The van der Waals surface area contributed by atoms with Crippen molar-refractivity contribution in [2.45, 2.75) is 24.0 Å². The van der Waals surface area contributed by atoms with Gasteiger partial charge in [-0.25, -0.2) is 0 Å². The molecule has 2 rings (SSSR count). The van der Waals surface area contributed by atoms with Gasteiger partial charge in [0.2, 0.25) is 5.91 Å². The molecule has 0 radical (unpaired) electrons. The molecule has 2 aromatic carbocycles. The third-order valence-electron chi connectivity index (χ3n) is 3.24. The van der Waals surface area contributed by atoms with E-state index < -0.39 is 0 Å². The average Bonchev–Trinajstić information content (AvgIpc) is 2.55. The largest absolute Gasteiger partial charge is 0.492 e. The molecule has 23 heavy (non-hydrogen) atoms. The third kappa shape index (κ3) is 5.81. The highest BCUT2D eigenvalue weighted by atomic mass is 35.5. The van der Waals surface area contributed by atoms with Crippen LogP contribution in [-0.4, -0.2) is 24.3 Å². The molecular formula is C18H20ClNO2S. The number of carbonyl (C=O) groups excluding carboxylic acids is 1. The van der Waals surface area contributed by atoms with E-state index in [0.29, 0.717) is 23.9 Å². The van der Waals surface area contributed by atoms with Crippen LogP contribution in [-0.2, 0) is 4.79 Å². The fraction of sp³-hybridized carbons (Fsp3) is 0.278. The van der Waals surface area contributed by atoms with Crippen molar-refractivity contribution in [2.24, 2.45) is 0 Å². The first-order valence-electron chi connectivity index (χ1n) is 7.44. The maximum atomic E-state index is 12.0. The average molecular weight is 350 g/mol. The highest BCUT2D eigenvalue weighted by Gasteiger charge is 2.13. The highest BCUT2D eigenvalue weighted by Crippen LogP contribution is 2.23. The van der Waals surface area contributed by atoms with Gasteiger partial charge < -0.3 is 10.1 Å². The molecular weight excluding hydrogens is 330 g/mol. The summed E-state index contributed by atoms with van der Waals surface area (Å²) in [4.78, 5) is 13.1. The summed E-state index contributed by atoms with van der Waals surface area (Å²) in [6.45, 7) is 4.71. The summed E-state index contributed by atoms with van der Waals surface area (Å²) >= 11 is 7.58. The summed E-state index contributed by atoms with van der Waals surface area (Å²) in [7, 11) is 0. The Morgan fingerprint density at radius 2 is 2.00 bits per heavy atom. The summed E-state index contributed by atoms with van der Waals surface area (Å²) in [5, 5.41) is 3.41. The first kappa shape index (κ1) is 17.7. The van der Waals surface area contributed by atoms with E-state index in [1.807, 2.05) is 56.3 Å². The number of ether oxygens (including phenoxy) is 1. The van der Waals surface area contributed by atoms with Gasteiger partial charge in [-0.2, -0.15) is 0 Å². The molecule has 0 aliphatic rings. The molecule has 0 aromatic heterocycles. The van der Waals surface area contributed by atoms with Crippen molar-refractivity contribution in [3.8, 4) is 5.75 Å². The minimum absolute atomic E-state index is 0.00407. The number of aryl methyl sites for hydroxylation is 1. The molecule has 2 aromatic rings. The van der Waals surface area contributed by atoms with E-state index in [4.69, 9.17) is 16.3 Å². The van der Waals surface area contributed by atoms with Crippen molar-refractivity contribution < 1.29 is 9.53 Å². The number of rotatable bonds is 7. The fourth-order valence-electron chi connectivity index (χ4n) is 1.91. The van der Waals surface area contributed by atoms with E-state index >= 15 is 0 Å². The van der Waals surface area contributed by atoms with E-state index in [0.717, 1.165) is 10.5 Å². The number of halogens is 1. The van der Waals surface area contributed by atoms with Gasteiger partial charge in [0.25, 0.3) is 0 Å². The van der Waals surface area contributed by atoms with Gasteiger partial charge >= 0.3 is 0 Å². The molecule has 5 heteroatoms. The lowest BCUT2D eigenvalue weighted by molar-refractivity contribution is -0.120. The van der Waals surface area contributed by atoms with Crippen LogP contribution in [0.5, 0.6) is 5.75 Å². The summed E-state index contributed by atoms with van der Waals surface area (Å²) in [5.74, 6) is 0.714. The van der Waals surface area contributed by atoms with E-state index in [1.165, 1.54) is 11.8 Å². The van der Waals surface area contributed by atoms with Crippen molar-refractivity contribution in [2.75, 3.05) is 13.2 Å². The van der Waals surface area contributed by atoms with Gasteiger partial charge in [-0.05, 0) is 43.7 Å². The number of hydrogen-bond donors (Lipinski definition) is 1. The van der Waals surface area contributed by atoms with Gasteiger partial charge in [0.1, 0.15) is 12.4 Å². The van der Waals surface area contributed by atoms with Gasteiger partial charge in [-0.15, -0.1) is 11.8 Å². The molecule has 1 unspecified atom stereocenters. The van der Waals surface area contributed by atoms with Crippen LogP contribution in [0.2, 0.25) is 5.02 Å². The molecule has 122 valence electrons. The summed E-state index contributed by atoms with van der Waals surface area (Å²) in [6, 6.07) is 15.5. The van der Waals surface area contributed by atoms with Crippen LogP contribution >= 0.6 is 23.4 Å². The van der Waals surface area contributed by atoms with Crippen molar-refractivity contribution in [1.29, 1.82) is 0 Å². The molecule has 0 fully saturated rings. The Hall–Kier alpha value is -1.65. The first-order chi connectivity index (χ1) is 11.1. The van der Waals surface area contributed by atoms with Gasteiger partial charge in [0.05, 0.1) is 11.8 Å². The molecule has 1 N–H and O–H groups in total. The van der Waals surface area contributed by atoms with Crippen LogP contribution in [0, 0.1) is 6.92 Å². The van der Waals surface area contributed by atoms with Crippen LogP contribution in [0.1, 0.15) is 12.5 Å². The highest BCUT2D eigenvalue weighted by molar-refractivity contribution is 8.00. The van der Waals surface area contributed by atoms with Crippen LogP contribution in [0.25, 0.3) is 0 Å². The van der Waals surface area contributed by atoms with E-state index in [9.17, 15) is 4.79 Å². The Morgan fingerprint density at radius 1 is 1.26 bits per heavy atom. The summed E-state index contributed by atoms with van der Waals surface area (Å²) < 4.78 is 5.58. The minimum atomic E-state index is -0.147. The second kappa shape index (κ2) is 8.85. The molecule has 3 nitrogen and oxygen atoms in total. The fourth-order valence-corrected chi connectivity index (χ4v) is 2.99. The molecule has 0 spiro atoms. The van der Waals surface area contributed by atoms with Crippen molar-refractivity contribution in [1.82, 2.24) is 5.32 Å². The number of amides is 1. The zero-order valence-electron chi connectivity index (χ0n) is 13.2. The Morgan fingerprint density at radius 3 is 2.70 bits per heavy atom. The lowest BCUT2D eigenvalue weighted by Gasteiger charge is -2.12. The van der Waals surface area contributed by atoms with Crippen molar-refractivity contribution >= 4 is 29.3 Å². The maximum Gasteiger partial charge on any atom is 0.233 e. The molecule has 0 saturated heterocycles. The monoisotopic (exact) mass is 349 g/mol. The van der Waals surface area contributed by atoms with Crippen LogP contribution in [0.15, 0.2) is 53.4 Å². The van der Waals surface area contributed by atoms with Gasteiger partial charge in [0.15, 0.2) is 0 Å². The number of hydrogen-bond acceptors (Lipinski definition) is 3. The van der Waals surface area contributed by atoms with Gasteiger partial charge in [-0.3, -0.25) is 4.79 Å². The Labute approximate surface area is 146 Å². The Kier molecular flexibility index (Phi) is 6.81. The minimum Gasteiger partial charge on any atom is -0.492 e. The van der Waals surface area contributed by atoms with Crippen molar-refractivity contribution in [3.05, 3.63) is 59.1 Å². The van der Waals surface area contributed by atoms with Crippen LogP contribution < -0.4 is 10.1 Å². The lowest BCUT2D eigenvalue weighted by atomic mass is 10.2. The standard InChI is InChI=1S/C18H20ClNO2S/c1-13-8-9-15(12-17(13)19)22-11-10-20-18(21)14(2)23-16-6-4-3-5-7-16/h3-9,12,14H,10-11H2,1-2H3,(H,20,21). The quantitative estimate of drug-likeness (QED) is 0.597. The molecule has 1 amide bonds. The molecule has 0 aliphatic carbocycles. The normalized spacial score (nSPS) is 11.8. The maximum absolute atomic E-state index is 12.0. The molecule has 0 aliphatic heterocycles. The second-order valence-corrected chi connectivity index (χ2v) is 6.95. The van der Waals surface area contributed by atoms with Crippen LogP contribution in [0.3, 0.4) is 0 Å². The van der Waals surface area contributed by atoms with E-state index in [2.05, 4.69) is 5.32 Å². The van der Waals surface area contributed by atoms with Crippen LogP contribution in [0.4, 0.5) is 0 Å². The predicted molar refractivity (Wildman–Crippen MR) is 96.5 cm³/mol. The number of nitrogens with one attached hydrogen (secondary N) is 1. The molecule has 0 bridgehead atoms.